The number of anilines is 2. The molecule has 1 heterocycles. The Hall–Kier alpha value is -3.12. The van der Waals surface area contributed by atoms with E-state index in [2.05, 4.69) is 14.7 Å². The third-order valence-corrected chi connectivity index (χ3v) is 3.35. The van der Waals surface area contributed by atoms with Gasteiger partial charge >= 0.3 is 12.4 Å². The van der Waals surface area contributed by atoms with Crippen molar-refractivity contribution in [2.75, 3.05) is 18.1 Å². The van der Waals surface area contributed by atoms with Crippen LogP contribution in [-0.2, 0) is 6.18 Å². The Kier molecular flexibility index (Phi) is 5.95. The van der Waals surface area contributed by atoms with E-state index in [4.69, 9.17) is 0 Å². The quantitative estimate of drug-likeness (QED) is 0.396. The summed E-state index contributed by atoms with van der Waals surface area (Å²) in [6, 6.07) is 4.92. The van der Waals surface area contributed by atoms with Crippen LogP contribution in [0.5, 0.6) is 5.88 Å². The van der Waals surface area contributed by atoms with Crippen molar-refractivity contribution in [2.24, 2.45) is 0 Å². The van der Waals surface area contributed by atoms with Gasteiger partial charge in [0.2, 0.25) is 11.8 Å². The molecule has 0 radical (unpaired) electrons. The number of non-ortho nitro benzene ring substituents is 1. The molecule has 1 aromatic carbocycles. The van der Waals surface area contributed by atoms with Crippen LogP contribution in [0.1, 0.15) is 12.5 Å². The van der Waals surface area contributed by atoms with Gasteiger partial charge in [-0.1, -0.05) is 0 Å². The summed E-state index contributed by atoms with van der Waals surface area (Å²) in [4.78, 5) is 18.4. The lowest BCUT2D eigenvalue weighted by Crippen LogP contribution is -2.24. The van der Waals surface area contributed by atoms with E-state index in [-0.39, 0.29) is 23.9 Å². The monoisotopic (exact) mass is 410 g/mol. The molecule has 0 N–H and O–H groups in total. The molecule has 13 heteroatoms. The van der Waals surface area contributed by atoms with Gasteiger partial charge in [-0.15, -0.1) is 0 Å². The van der Waals surface area contributed by atoms with Gasteiger partial charge in [-0.3, -0.25) is 10.1 Å². The molecule has 0 atom stereocenters. The summed E-state index contributed by atoms with van der Waals surface area (Å²) in [5.41, 5.74) is -1.49. The first-order chi connectivity index (χ1) is 12.9. The highest BCUT2D eigenvalue weighted by molar-refractivity contribution is 5.59. The standard InChI is InChI=1S/C15H12F6N4O3/c1-2-24(9-3-5-10(6-4-9)25(26)27)13-22-7-11(15(19,20)21)12(23-13)28-8-14(16,17)18/h3-7H,2,8H2,1H3. The summed E-state index contributed by atoms with van der Waals surface area (Å²) in [5.74, 6) is -1.63. The second-order valence-electron chi connectivity index (χ2n) is 5.31. The number of benzene rings is 1. The maximum atomic E-state index is 13.0. The number of nitro benzene ring substituents is 1. The van der Waals surface area contributed by atoms with Crippen LogP contribution in [0.4, 0.5) is 43.7 Å². The molecule has 1 aromatic heterocycles. The zero-order valence-electron chi connectivity index (χ0n) is 14.1. The van der Waals surface area contributed by atoms with Crippen LogP contribution in [0.2, 0.25) is 0 Å². The highest BCUT2D eigenvalue weighted by Gasteiger charge is 2.38. The number of rotatable bonds is 6. The summed E-state index contributed by atoms with van der Waals surface area (Å²) >= 11 is 0. The number of hydrogen-bond donors (Lipinski definition) is 0. The zero-order valence-corrected chi connectivity index (χ0v) is 14.1. The maximum Gasteiger partial charge on any atom is 0.423 e. The molecule has 0 amide bonds. The predicted molar refractivity (Wildman–Crippen MR) is 84.4 cm³/mol. The Morgan fingerprint density at radius 2 is 1.75 bits per heavy atom. The van der Waals surface area contributed by atoms with Crippen molar-refractivity contribution in [3.05, 3.63) is 46.1 Å². The number of hydrogen-bond acceptors (Lipinski definition) is 6. The van der Waals surface area contributed by atoms with Crippen LogP contribution in [0, 0.1) is 10.1 Å². The van der Waals surface area contributed by atoms with Crippen molar-refractivity contribution in [3.8, 4) is 5.88 Å². The van der Waals surface area contributed by atoms with Gasteiger partial charge < -0.3 is 9.64 Å². The van der Waals surface area contributed by atoms with E-state index >= 15 is 0 Å². The van der Waals surface area contributed by atoms with Crippen molar-refractivity contribution in [1.82, 2.24) is 9.97 Å². The van der Waals surface area contributed by atoms with Crippen molar-refractivity contribution in [3.63, 3.8) is 0 Å². The molecule has 0 aliphatic rings. The number of nitro groups is 1. The van der Waals surface area contributed by atoms with Crippen molar-refractivity contribution < 1.29 is 36.0 Å². The first-order valence-corrected chi connectivity index (χ1v) is 7.58. The minimum atomic E-state index is -5.02. The Morgan fingerprint density at radius 3 is 2.21 bits per heavy atom. The molecule has 0 saturated heterocycles. The van der Waals surface area contributed by atoms with E-state index in [1.807, 2.05) is 0 Å². The molecule has 2 rings (SSSR count). The van der Waals surface area contributed by atoms with Crippen molar-refractivity contribution >= 4 is 17.3 Å². The lowest BCUT2D eigenvalue weighted by atomic mass is 10.2. The predicted octanol–water partition coefficient (Wildman–Crippen LogP) is 4.50. The van der Waals surface area contributed by atoms with Crippen LogP contribution >= 0.6 is 0 Å². The molecule has 28 heavy (non-hydrogen) atoms. The Labute approximate surface area is 153 Å². The fraction of sp³-hybridized carbons (Fsp3) is 0.333. The third kappa shape index (κ3) is 5.20. The average Bonchev–Trinajstić information content (AvgIpc) is 2.59. The number of nitrogens with zero attached hydrogens (tertiary/aromatic N) is 4. The molecule has 7 nitrogen and oxygen atoms in total. The molecular formula is C15H12F6N4O3. The summed E-state index contributed by atoms with van der Waals surface area (Å²) in [5, 5.41) is 10.7. The second kappa shape index (κ2) is 7.86. The van der Waals surface area contributed by atoms with Gasteiger partial charge in [0.25, 0.3) is 5.69 Å². The molecule has 0 spiro atoms. The molecule has 152 valence electrons. The largest absolute Gasteiger partial charge is 0.467 e. The Morgan fingerprint density at radius 1 is 1.14 bits per heavy atom. The lowest BCUT2D eigenvalue weighted by molar-refractivity contribution is -0.384. The average molecular weight is 410 g/mol. The van der Waals surface area contributed by atoms with Gasteiger partial charge in [-0.2, -0.15) is 31.3 Å². The van der Waals surface area contributed by atoms with Crippen LogP contribution in [0.15, 0.2) is 30.5 Å². The molecule has 2 aromatic rings. The third-order valence-electron chi connectivity index (χ3n) is 3.35. The summed E-state index contributed by atoms with van der Waals surface area (Å²) in [7, 11) is 0. The minimum Gasteiger partial charge on any atom is -0.467 e. The Balaban J connectivity index is 2.43. The maximum absolute atomic E-state index is 13.0. The van der Waals surface area contributed by atoms with Crippen molar-refractivity contribution in [1.29, 1.82) is 0 Å². The van der Waals surface area contributed by atoms with Crippen LogP contribution in [0.25, 0.3) is 0 Å². The number of aromatic nitrogens is 2. The topological polar surface area (TPSA) is 81.4 Å². The fourth-order valence-corrected chi connectivity index (χ4v) is 2.14. The molecule has 0 fully saturated rings. The zero-order chi connectivity index (χ0) is 21.1. The first kappa shape index (κ1) is 21.2. The van der Waals surface area contributed by atoms with Crippen LogP contribution in [0.3, 0.4) is 0 Å². The summed E-state index contributed by atoms with van der Waals surface area (Å²) in [6.07, 6.45) is -9.57. The second-order valence-corrected chi connectivity index (χ2v) is 5.31. The smallest absolute Gasteiger partial charge is 0.423 e. The van der Waals surface area contributed by atoms with Crippen LogP contribution < -0.4 is 9.64 Å². The molecule has 0 saturated carbocycles. The van der Waals surface area contributed by atoms with Gasteiger partial charge in [-0.05, 0) is 19.1 Å². The van der Waals surface area contributed by atoms with E-state index in [0.717, 1.165) is 12.1 Å². The molecule has 0 aliphatic heterocycles. The number of alkyl halides is 6. The SMILES string of the molecule is CCN(c1ccc([N+](=O)[O-])cc1)c1ncc(C(F)(F)F)c(OCC(F)(F)F)n1. The Bertz CT molecular complexity index is 839. The number of ether oxygens (including phenoxy) is 1. The molecular weight excluding hydrogens is 398 g/mol. The summed E-state index contributed by atoms with van der Waals surface area (Å²) < 4.78 is 80.3. The molecule has 0 unspecified atom stereocenters. The van der Waals surface area contributed by atoms with Gasteiger partial charge in [0.15, 0.2) is 6.61 Å². The lowest BCUT2D eigenvalue weighted by Gasteiger charge is -2.22. The molecule has 0 bridgehead atoms. The van der Waals surface area contributed by atoms with Gasteiger partial charge in [0.1, 0.15) is 5.56 Å². The van der Waals surface area contributed by atoms with Crippen molar-refractivity contribution in [2.45, 2.75) is 19.3 Å². The highest BCUT2D eigenvalue weighted by Crippen LogP contribution is 2.37. The van der Waals surface area contributed by atoms with Gasteiger partial charge in [0, 0.05) is 30.6 Å². The van der Waals surface area contributed by atoms with E-state index in [1.165, 1.54) is 17.0 Å². The van der Waals surface area contributed by atoms with E-state index in [9.17, 15) is 36.5 Å². The normalized spacial score (nSPS) is 12.0. The highest BCUT2D eigenvalue weighted by atomic mass is 19.4. The summed E-state index contributed by atoms with van der Waals surface area (Å²) in [6.45, 7) is -0.267. The fourth-order valence-electron chi connectivity index (χ4n) is 2.14. The molecule has 0 aliphatic carbocycles. The van der Waals surface area contributed by atoms with Gasteiger partial charge in [0.05, 0.1) is 4.92 Å². The van der Waals surface area contributed by atoms with E-state index in [0.29, 0.717) is 6.20 Å². The van der Waals surface area contributed by atoms with Gasteiger partial charge in [-0.25, -0.2) is 4.98 Å². The van der Waals surface area contributed by atoms with E-state index < -0.39 is 35.3 Å². The number of halogens is 6. The van der Waals surface area contributed by atoms with E-state index in [1.54, 1.807) is 6.92 Å². The first-order valence-electron chi connectivity index (χ1n) is 7.58. The minimum absolute atomic E-state index is 0.113. The van der Waals surface area contributed by atoms with Crippen LogP contribution in [-0.4, -0.2) is 34.2 Å².